The van der Waals surface area contributed by atoms with Crippen molar-refractivity contribution in [3.8, 4) is 5.75 Å². The molecule has 0 unspecified atom stereocenters. The number of benzene rings is 1. The molecule has 1 fully saturated rings. The maximum Gasteiger partial charge on any atom is 0.124 e. The predicted octanol–water partition coefficient (Wildman–Crippen LogP) is 3.59. The van der Waals surface area contributed by atoms with Gasteiger partial charge in [-0.2, -0.15) is 0 Å². The number of ether oxygens (including phenoxy) is 1. The van der Waals surface area contributed by atoms with E-state index in [0.29, 0.717) is 6.04 Å². The average molecular weight is 341 g/mol. The van der Waals surface area contributed by atoms with Gasteiger partial charge in [0, 0.05) is 42.3 Å². The van der Waals surface area contributed by atoms with Crippen molar-refractivity contribution in [1.82, 2.24) is 10.2 Å². The van der Waals surface area contributed by atoms with Crippen LogP contribution in [-0.4, -0.2) is 37.7 Å². The van der Waals surface area contributed by atoms with Crippen LogP contribution in [0.5, 0.6) is 5.75 Å². The Kier molecular flexibility index (Phi) is 6.33. The highest BCUT2D eigenvalue weighted by molar-refractivity contribution is 9.10. The Morgan fingerprint density at radius 3 is 2.70 bits per heavy atom. The van der Waals surface area contributed by atoms with Gasteiger partial charge in [0.1, 0.15) is 5.75 Å². The van der Waals surface area contributed by atoms with Crippen LogP contribution >= 0.6 is 15.9 Å². The van der Waals surface area contributed by atoms with E-state index in [9.17, 15) is 0 Å². The summed E-state index contributed by atoms with van der Waals surface area (Å²) in [6, 6.07) is 6.84. The highest BCUT2D eigenvalue weighted by Crippen LogP contribution is 2.35. The van der Waals surface area contributed by atoms with Gasteiger partial charge in [-0.15, -0.1) is 0 Å². The van der Waals surface area contributed by atoms with Crippen LogP contribution in [0.4, 0.5) is 0 Å². The van der Waals surface area contributed by atoms with Gasteiger partial charge in [-0.3, -0.25) is 4.90 Å². The Bertz CT molecular complexity index is 419. The molecule has 1 atom stereocenters. The summed E-state index contributed by atoms with van der Waals surface area (Å²) in [5.74, 6) is 1.03. The molecule has 1 saturated heterocycles. The zero-order valence-corrected chi connectivity index (χ0v) is 14.1. The van der Waals surface area contributed by atoms with E-state index < -0.39 is 0 Å². The van der Waals surface area contributed by atoms with E-state index in [0.717, 1.165) is 43.0 Å². The quantitative estimate of drug-likeness (QED) is 0.856. The average Bonchev–Trinajstić information content (AvgIpc) is 2.48. The van der Waals surface area contributed by atoms with Crippen molar-refractivity contribution < 1.29 is 4.74 Å². The second kappa shape index (κ2) is 8.01. The summed E-state index contributed by atoms with van der Waals surface area (Å²) in [7, 11) is 0. The van der Waals surface area contributed by atoms with E-state index in [1.54, 1.807) is 0 Å². The lowest BCUT2D eigenvalue weighted by molar-refractivity contribution is 0.161. The molecule has 112 valence electrons. The van der Waals surface area contributed by atoms with Gasteiger partial charge in [-0.25, -0.2) is 0 Å². The third-order valence-corrected chi connectivity index (χ3v) is 4.28. The third-order valence-electron chi connectivity index (χ3n) is 3.79. The molecule has 1 aliphatic rings. The van der Waals surface area contributed by atoms with Crippen molar-refractivity contribution in [3.63, 3.8) is 0 Å². The molecule has 2 rings (SSSR count). The lowest BCUT2D eigenvalue weighted by Gasteiger charge is -2.36. The molecule has 0 saturated carbocycles. The molecule has 0 amide bonds. The fraction of sp³-hybridized carbons (Fsp3) is 0.625. The number of piperazine rings is 1. The second-order valence-electron chi connectivity index (χ2n) is 5.21. The Morgan fingerprint density at radius 2 is 2.05 bits per heavy atom. The smallest absolute Gasteiger partial charge is 0.124 e. The Labute approximate surface area is 130 Å². The van der Waals surface area contributed by atoms with Crippen LogP contribution in [0.15, 0.2) is 22.7 Å². The van der Waals surface area contributed by atoms with Gasteiger partial charge >= 0.3 is 0 Å². The lowest BCUT2D eigenvalue weighted by Crippen LogP contribution is -2.45. The fourth-order valence-corrected chi connectivity index (χ4v) is 3.25. The number of rotatable bonds is 6. The molecule has 1 aromatic rings. The first-order chi connectivity index (χ1) is 9.76. The van der Waals surface area contributed by atoms with Crippen LogP contribution in [0, 0.1) is 0 Å². The Hall–Kier alpha value is -0.580. The van der Waals surface area contributed by atoms with E-state index in [1.165, 1.54) is 18.4 Å². The summed E-state index contributed by atoms with van der Waals surface area (Å²) in [4.78, 5) is 2.59. The first-order valence-corrected chi connectivity index (χ1v) is 8.42. The topological polar surface area (TPSA) is 24.5 Å². The number of hydrogen-bond donors (Lipinski definition) is 1. The molecule has 0 bridgehead atoms. The summed E-state index contributed by atoms with van der Waals surface area (Å²) in [6.07, 6.45) is 2.36. The maximum absolute atomic E-state index is 5.85. The Morgan fingerprint density at radius 1 is 1.30 bits per heavy atom. The molecule has 1 aliphatic heterocycles. The minimum Gasteiger partial charge on any atom is -0.494 e. The number of halogens is 1. The SMILES string of the molecule is CCC[C@@H](c1cc(Br)ccc1OCC)N1CCNCC1. The standard InChI is InChI=1S/C16H25BrN2O/c1-3-5-15(19-10-8-18-9-11-19)14-12-13(17)6-7-16(14)20-4-2/h6-7,12,15,18H,3-5,8-11H2,1-2H3/t15-/m0/s1. The van der Waals surface area contributed by atoms with Crippen LogP contribution in [0.3, 0.4) is 0 Å². The summed E-state index contributed by atoms with van der Waals surface area (Å²) in [5, 5.41) is 3.43. The molecule has 20 heavy (non-hydrogen) atoms. The zero-order chi connectivity index (χ0) is 14.4. The molecule has 3 nitrogen and oxygen atoms in total. The molecular weight excluding hydrogens is 316 g/mol. The van der Waals surface area contributed by atoms with Crippen LogP contribution in [0.25, 0.3) is 0 Å². The molecule has 0 aliphatic carbocycles. The van der Waals surface area contributed by atoms with Gasteiger partial charge in [0.25, 0.3) is 0 Å². The number of nitrogens with one attached hydrogen (secondary N) is 1. The van der Waals surface area contributed by atoms with E-state index in [-0.39, 0.29) is 0 Å². The number of nitrogens with zero attached hydrogens (tertiary/aromatic N) is 1. The highest BCUT2D eigenvalue weighted by atomic mass is 79.9. The molecule has 1 aromatic carbocycles. The number of hydrogen-bond acceptors (Lipinski definition) is 3. The van der Waals surface area contributed by atoms with Crippen LogP contribution in [0.2, 0.25) is 0 Å². The van der Waals surface area contributed by atoms with Crippen molar-refractivity contribution in [2.24, 2.45) is 0 Å². The van der Waals surface area contributed by atoms with Crippen LogP contribution in [-0.2, 0) is 0 Å². The second-order valence-corrected chi connectivity index (χ2v) is 6.12. The largest absolute Gasteiger partial charge is 0.494 e. The van der Waals surface area contributed by atoms with Crippen molar-refractivity contribution in [1.29, 1.82) is 0 Å². The van der Waals surface area contributed by atoms with Crippen molar-refractivity contribution in [3.05, 3.63) is 28.2 Å². The predicted molar refractivity (Wildman–Crippen MR) is 87.4 cm³/mol. The van der Waals surface area contributed by atoms with Crippen molar-refractivity contribution in [2.75, 3.05) is 32.8 Å². The minimum atomic E-state index is 0.459. The monoisotopic (exact) mass is 340 g/mol. The third kappa shape index (κ3) is 3.96. The normalized spacial score (nSPS) is 17.9. The van der Waals surface area contributed by atoms with Gasteiger partial charge in [-0.05, 0) is 31.5 Å². The zero-order valence-electron chi connectivity index (χ0n) is 12.5. The first-order valence-electron chi connectivity index (χ1n) is 7.63. The summed E-state index contributed by atoms with van der Waals surface area (Å²) >= 11 is 3.60. The molecule has 0 radical (unpaired) electrons. The lowest BCUT2D eigenvalue weighted by atomic mass is 9.99. The van der Waals surface area contributed by atoms with E-state index in [2.05, 4.69) is 51.3 Å². The van der Waals surface area contributed by atoms with E-state index in [1.807, 2.05) is 6.92 Å². The summed E-state index contributed by atoms with van der Waals surface area (Å²) < 4.78 is 6.98. The van der Waals surface area contributed by atoms with Gasteiger partial charge in [0.15, 0.2) is 0 Å². The van der Waals surface area contributed by atoms with Gasteiger partial charge in [-0.1, -0.05) is 29.3 Å². The van der Waals surface area contributed by atoms with Crippen molar-refractivity contribution >= 4 is 15.9 Å². The molecule has 1 heterocycles. The molecule has 0 spiro atoms. The summed E-state index contributed by atoms with van der Waals surface area (Å²) in [5.41, 5.74) is 1.32. The first kappa shape index (κ1) is 15.8. The molecule has 0 aromatic heterocycles. The highest BCUT2D eigenvalue weighted by Gasteiger charge is 2.24. The van der Waals surface area contributed by atoms with Gasteiger partial charge in [0.05, 0.1) is 6.61 Å². The molecule has 1 N–H and O–H groups in total. The van der Waals surface area contributed by atoms with E-state index in [4.69, 9.17) is 4.74 Å². The maximum atomic E-state index is 5.85. The molecule has 4 heteroatoms. The van der Waals surface area contributed by atoms with Gasteiger partial charge in [0.2, 0.25) is 0 Å². The fourth-order valence-electron chi connectivity index (χ4n) is 2.87. The van der Waals surface area contributed by atoms with Gasteiger partial charge < -0.3 is 10.1 Å². The summed E-state index contributed by atoms with van der Waals surface area (Å²) in [6.45, 7) is 9.41. The van der Waals surface area contributed by atoms with Crippen LogP contribution in [0.1, 0.15) is 38.3 Å². The van der Waals surface area contributed by atoms with E-state index >= 15 is 0 Å². The van der Waals surface area contributed by atoms with Crippen molar-refractivity contribution in [2.45, 2.75) is 32.7 Å². The van der Waals surface area contributed by atoms with Crippen LogP contribution < -0.4 is 10.1 Å². The Balaban J connectivity index is 2.28. The molecular formula is C16H25BrN2O. The minimum absolute atomic E-state index is 0.459.